The summed E-state index contributed by atoms with van der Waals surface area (Å²) in [4.78, 5) is 22.9. The molecular formula is C18H11Cl2N2O4-. The van der Waals surface area contributed by atoms with Gasteiger partial charge in [0.1, 0.15) is 24.0 Å². The number of carboxylic acids is 1. The van der Waals surface area contributed by atoms with Gasteiger partial charge in [-0.3, -0.25) is 4.79 Å². The van der Waals surface area contributed by atoms with Gasteiger partial charge >= 0.3 is 0 Å². The number of hydrogen-bond acceptors (Lipinski definition) is 5. The Morgan fingerprint density at radius 3 is 2.65 bits per heavy atom. The van der Waals surface area contributed by atoms with Crippen LogP contribution in [0.15, 0.2) is 48.0 Å². The normalized spacial score (nSPS) is 10.7. The highest BCUT2D eigenvalue weighted by Crippen LogP contribution is 2.26. The van der Waals surface area contributed by atoms with Crippen molar-refractivity contribution in [1.29, 1.82) is 5.26 Å². The van der Waals surface area contributed by atoms with E-state index in [-0.39, 0.29) is 22.0 Å². The molecule has 0 atom stereocenters. The molecule has 2 aromatic carbocycles. The molecule has 0 heterocycles. The van der Waals surface area contributed by atoms with Crippen LogP contribution < -0.4 is 15.2 Å². The summed E-state index contributed by atoms with van der Waals surface area (Å²) in [5, 5.41) is 23.0. The Balaban J connectivity index is 2.27. The highest BCUT2D eigenvalue weighted by atomic mass is 35.5. The lowest BCUT2D eigenvalue weighted by Gasteiger charge is -2.10. The number of rotatable bonds is 6. The molecular weight excluding hydrogens is 379 g/mol. The van der Waals surface area contributed by atoms with E-state index in [1.807, 2.05) is 0 Å². The Morgan fingerprint density at radius 2 is 1.96 bits per heavy atom. The fourth-order valence-electron chi connectivity index (χ4n) is 1.95. The number of carboxylic acid groups (broad SMARTS) is 1. The zero-order valence-corrected chi connectivity index (χ0v) is 14.7. The summed E-state index contributed by atoms with van der Waals surface area (Å²) in [5.74, 6) is -1.90. The highest BCUT2D eigenvalue weighted by molar-refractivity contribution is 6.36. The molecule has 0 bridgehead atoms. The number of carbonyl (C=O) groups is 2. The number of nitrogens with one attached hydrogen (secondary N) is 1. The number of nitriles is 1. The van der Waals surface area contributed by atoms with Crippen LogP contribution in [0.4, 0.5) is 5.69 Å². The van der Waals surface area contributed by atoms with Gasteiger partial charge in [-0.2, -0.15) is 5.26 Å². The molecule has 0 saturated heterocycles. The first-order valence-corrected chi connectivity index (χ1v) is 7.96. The number of benzene rings is 2. The van der Waals surface area contributed by atoms with Crippen molar-refractivity contribution in [3.8, 4) is 11.8 Å². The largest absolute Gasteiger partial charge is 0.546 e. The van der Waals surface area contributed by atoms with Gasteiger partial charge in [0, 0.05) is 10.6 Å². The fraction of sp³-hybridized carbons (Fsp3) is 0.0556. The standard InChI is InChI=1S/C18H12Cl2N2O4/c19-13-5-6-14(20)15(8-13)22-18(25)12(9-21)7-11-3-1-2-4-16(11)26-10-17(23)24/h1-8H,10H2,(H,22,25)(H,23,24)/p-1/b12-7+. The van der Waals surface area contributed by atoms with Gasteiger partial charge in [0.05, 0.1) is 16.7 Å². The molecule has 0 aliphatic carbocycles. The molecule has 1 N–H and O–H groups in total. The quantitative estimate of drug-likeness (QED) is 0.604. The first-order valence-electron chi connectivity index (χ1n) is 7.20. The number of anilines is 1. The van der Waals surface area contributed by atoms with Crippen LogP contribution in [0, 0.1) is 11.3 Å². The van der Waals surface area contributed by atoms with Crippen molar-refractivity contribution >= 4 is 46.8 Å². The molecule has 0 spiro atoms. The number of halogens is 2. The predicted molar refractivity (Wildman–Crippen MR) is 95.6 cm³/mol. The third kappa shape index (κ3) is 5.24. The van der Waals surface area contributed by atoms with Gasteiger partial charge in [-0.1, -0.05) is 41.4 Å². The van der Waals surface area contributed by atoms with Crippen LogP contribution >= 0.6 is 23.2 Å². The minimum atomic E-state index is -1.39. The van der Waals surface area contributed by atoms with E-state index < -0.39 is 18.5 Å². The van der Waals surface area contributed by atoms with Crippen molar-refractivity contribution in [3.63, 3.8) is 0 Å². The van der Waals surface area contributed by atoms with E-state index in [0.29, 0.717) is 10.6 Å². The lowest BCUT2D eigenvalue weighted by molar-refractivity contribution is -0.307. The van der Waals surface area contributed by atoms with E-state index in [2.05, 4.69) is 5.32 Å². The van der Waals surface area contributed by atoms with E-state index in [1.165, 1.54) is 24.3 Å². The van der Waals surface area contributed by atoms with Gasteiger partial charge in [-0.05, 0) is 30.3 Å². The number of para-hydroxylation sites is 1. The van der Waals surface area contributed by atoms with Gasteiger partial charge in [0.2, 0.25) is 0 Å². The van der Waals surface area contributed by atoms with Crippen LogP contribution in [0.25, 0.3) is 6.08 Å². The molecule has 0 saturated carbocycles. The van der Waals surface area contributed by atoms with Crippen LogP contribution in [0.2, 0.25) is 10.0 Å². The van der Waals surface area contributed by atoms with Gasteiger partial charge in [0.15, 0.2) is 0 Å². The number of aliphatic carboxylic acids is 1. The summed E-state index contributed by atoms with van der Waals surface area (Å²) in [6.07, 6.45) is 1.28. The second-order valence-electron chi connectivity index (χ2n) is 4.95. The maximum Gasteiger partial charge on any atom is 0.266 e. The predicted octanol–water partition coefficient (Wildman–Crippen LogP) is 2.67. The van der Waals surface area contributed by atoms with Crippen molar-refractivity contribution in [3.05, 3.63) is 63.6 Å². The minimum absolute atomic E-state index is 0.193. The van der Waals surface area contributed by atoms with Crippen molar-refractivity contribution < 1.29 is 19.4 Å². The SMILES string of the molecule is N#C/C(=C\c1ccccc1OCC(=O)[O-])C(=O)Nc1cc(Cl)ccc1Cl. The second kappa shape index (κ2) is 8.90. The Morgan fingerprint density at radius 1 is 1.23 bits per heavy atom. The number of hydrogen-bond donors (Lipinski definition) is 1. The Labute approximate surface area is 159 Å². The maximum atomic E-state index is 12.3. The number of nitrogens with zero attached hydrogens (tertiary/aromatic N) is 1. The van der Waals surface area contributed by atoms with Crippen molar-refractivity contribution in [2.24, 2.45) is 0 Å². The van der Waals surface area contributed by atoms with Crippen LogP contribution in [0.3, 0.4) is 0 Å². The third-order valence-electron chi connectivity index (χ3n) is 3.11. The molecule has 6 nitrogen and oxygen atoms in total. The topological polar surface area (TPSA) is 102 Å². The summed E-state index contributed by atoms with van der Waals surface area (Å²) >= 11 is 11.9. The lowest BCUT2D eigenvalue weighted by Crippen LogP contribution is -2.29. The number of carbonyl (C=O) groups excluding carboxylic acids is 2. The smallest absolute Gasteiger partial charge is 0.266 e. The van der Waals surface area contributed by atoms with E-state index in [1.54, 1.807) is 30.3 Å². The van der Waals surface area contributed by atoms with Crippen LogP contribution in [-0.4, -0.2) is 18.5 Å². The monoisotopic (exact) mass is 389 g/mol. The molecule has 0 fully saturated rings. The molecule has 0 aliphatic rings. The molecule has 2 rings (SSSR count). The molecule has 0 unspecified atom stereocenters. The van der Waals surface area contributed by atoms with E-state index in [4.69, 9.17) is 27.9 Å². The second-order valence-corrected chi connectivity index (χ2v) is 5.79. The van der Waals surface area contributed by atoms with Crippen molar-refractivity contribution in [2.75, 3.05) is 11.9 Å². The molecule has 0 aromatic heterocycles. The van der Waals surface area contributed by atoms with Crippen molar-refractivity contribution in [1.82, 2.24) is 0 Å². The molecule has 0 aliphatic heterocycles. The lowest BCUT2D eigenvalue weighted by atomic mass is 10.1. The Kier molecular flexibility index (Phi) is 6.61. The summed E-state index contributed by atoms with van der Waals surface area (Å²) < 4.78 is 5.09. The Hall–Kier alpha value is -3.01. The summed E-state index contributed by atoms with van der Waals surface area (Å²) in [6.45, 7) is -0.656. The summed E-state index contributed by atoms with van der Waals surface area (Å²) in [5.41, 5.74) is 0.384. The molecule has 2 aromatic rings. The zero-order chi connectivity index (χ0) is 19.1. The third-order valence-corrected chi connectivity index (χ3v) is 3.67. The Bertz CT molecular complexity index is 920. The van der Waals surface area contributed by atoms with E-state index >= 15 is 0 Å². The van der Waals surface area contributed by atoms with E-state index in [0.717, 1.165) is 0 Å². The average Bonchev–Trinajstić information content (AvgIpc) is 2.61. The first kappa shape index (κ1) is 19.3. The summed E-state index contributed by atoms with van der Waals surface area (Å²) in [7, 11) is 0. The molecule has 26 heavy (non-hydrogen) atoms. The van der Waals surface area contributed by atoms with Gasteiger partial charge in [0.25, 0.3) is 5.91 Å². The van der Waals surface area contributed by atoms with Gasteiger partial charge in [-0.15, -0.1) is 0 Å². The van der Waals surface area contributed by atoms with Crippen LogP contribution in [-0.2, 0) is 9.59 Å². The molecule has 8 heteroatoms. The number of ether oxygens (including phenoxy) is 1. The number of amides is 1. The maximum absolute atomic E-state index is 12.3. The van der Waals surface area contributed by atoms with E-state index in [9.17, 15) is 20.0 Å². The average molecular weight is 390 g/mol. The van der Waals surface area contributed by atoms with Crippen LogP contribution in [0.5, 0.6) is 5.75 Å². The molecule has 132 valence electrons. The zero-order valence-electron chi connectivity index (χ0n) is 13.2. The van der Waals surface area contributed by atoms with Gasteiger partial charge < -0.3 is 20.0 Å². The van der Waals surface area contributed by atoms with Crippen molar-refractivity contribution in [2.45, 2.75) is 0 Å². The molecule has 1 amide bonds. The minimum Gasteiger partial charge on any atom is -0.546 e. The first-order chi connectivity index (χ1) is 12.4. The summed E-state index contributed by atoms with van der Waals surface area (Å²) in [6, 6.07) is 12.7. The molecule has 0 radical (unpaired) electrons. The highest BCUT2D eigenvalue weighted by Gasteiger charge is 2.13. The fourth-order valence-corrected chi connectivity index (χ4v) is 2.29. The van der Waals surface area contributed by atoms with Crippen LogP contribution in [0.1, 0.15) is 5.56 Å². The van der Waals surface area contributed by atoms with Gasteiger partial charge in [-0.25, -0.2) is 0 Å².